The molecule has 0 aromatic heterocycles. The van der Waals surface area contributed by atoms with Gasteiger partial charge in [0.25, 0.3) is 0 Å². The van der Waals surface area contributed by atoms with Crippen LogP contribution in [-0.2, 0) is 4.79 Å². The van der Waals surface area contributed by atoms with Crippen molar-refractivity contribution in [1.29, 1.82) is 5.26 Å². The Hall–Kier alpha value is -0.990. The summed E-state index contributed by atoms with van der Waals surface area (Å²) in [5.41, 5.74) is 16.1. The van der Waals surface area contributed by atoms with E-state index in [0.29, 0.717) is 0 Å². The van der Waals surface area contributed by atoms with E-state index in [-0.39, 0.29) is 23.4 Å². The van der Waals surface area contributed by atoms with Crippen molar-refractivity contribution in [1.82, 2.24) is 4.90 Å². The van der Waals surface area contributed by atoms with Crippen LogP contribution < -0.4 is 17.2 Å². The summed E-state index contributed by atoms with van der Waals surface area (Å²) in [6.07, 6.45) is -5.55. The normalized spacial score (nSPS) is 28.0. The summed E-state index contributed by atoms with van der Waals surface area (Å²) >= 11 is 6.80. The predicted molar refractivity (Wildman–Crippen MR) is 86.4 cm³/mol. The molecule has 24 heavy (non-hydrogen) atoms. The number of rotatable bonds is 5. The van der Waals surface area contributed by atoms with Crippen molar-refractivity contribution < 1.29 is 18.0 Å². The smallest absolute Gasteiger partial charge is 0.393 e. The van der Waals surface area contributed by atoms with Crippen LogP contribution in [0.2, 0.25) is 0 Å². The zero-order chi connectivity index (χ0) is 18.7. The van der Waals surface area contributed by atoms with Gasteiger partial charge in [-0.25, -0.2) is 0 Å². The molecule has 6 N–H and O–H groups in total. The highest BCUT2D eigenvalue weighted by Crippen LogP contribution is 2.37. The third-order valence-corrected chi connectivity index (χ3v) is 5.13. The molecule has 0 aromatic rings. The van der Waals surface area contributed by atoms with Crippen LogP contribution in [0.5, 0.6) is 0 Å². The lowest BCUT2D eigenvalue weighted by Crippen LogP contribution is -2.61. The van der Waals surface area contributed by atoms with Crippen molar-refractivity contribution >= 4 is 29.1 Å². The van der Waals surface area contributed by atoms with Gasteiger partial charge in [-0.15, -0.1) is 23.4 Å². The summed E-state index contributed by atoms with van der Waals surface area (Å²) in [7, 11) is 0. The molecule has 4 atom stereocenters. The number of hydrogen-bond donors (Lipinski definition) is 3. The number of halogens is 4. The monoisotopic (exact) mass is 385 g/mol. The van der Waals surface area contributed by atoms with Crippen LogP contribution in [0.4, 0.5) is 13.2 Å². The number of nitrogens with two attached hydrogens (primary N) is 3. The number of Topliss-reactive ketones (excluding diaryl/α,β-unsaturated/α-hetero) is 1. The van der Waals surface area contributed by atoms with E-state index < -0.39 is 41.5 Å². The number of thioether (sulfide) groups is 1. The first-order valence-electron chi connectivity index (χ1n) is 6.98. The minimum absolute atomic E-state index is 0.0734. The Labute approximate surface area is 147 Å². The minimum Gasteiger partial charge on any atom is -0.401 e. The number of ketones is 1. The van der Waals surface area contributed by atoms with E-state index in [9.17, 15) is 18.0 Å². The summed E-state index contributed by atoms with van der Waals surface area (Å²) in [5, 5.41) is 7.95. The Morgan fingerprint density at radius 3 is 2.58 bits per heavy atom. The third kappa shape index (κ3) is 5.26. The number of hydrogen-bond acceptors (Lipinski definition) is 7. The molecule has 6 nitrogen and oxygen atoms in total. The van der Waals surface area contributed by atoms with Crippen LogP contribution in [0.3, 0.4) is 0 Å². The van der Waals surface area contributed by atoms with Gasteiger partial charge in [0.2, 0.25) is 0 Å². The Morgan fingerprint density at radius 1 is 1.54 bits per heavy atom. The molecule has 0 spiro atoms. The van der Waals surface area contributed by atoms with Gasteiger partial charge in [-0.05, 0) is 13.3 Å². The van der Waals surface area contributed by atoms with Gasteiger partial charge in [-0.1, -0.05) is 0 Å². The fraction of sp³-hybridized carbons (Fsp3) is 0.692. The van der Waals surface area contributed by atoms with E-state index in [0.717, 1.165) is 11.8 Å². The second-order valence-corrected chi connectivity index (χ2v) is 7.14. The Morgan fingerprint density at radius 2 is 2.12 bits per heavy atom. The average Bonchev–Trinajstić information content (AvgIpc) is 2.46. The van der Waals surface area contributed by atoms with Gasteiger partial charge >= 0.3 is 6.18 Å². The maximum Gasteiger partial charge on any atom is 0.393 e. The molecule has 0 radical (unpaired) electrons. The van der Waals surface area contributed by atoms with Crippen LogP contribution in [0, 0.1) is 17.2 Å². The summed E-state index contributed by atoms with van der Waals surface area (Å²) < 4.78 is 38.8. The van der Waals surface area contributed by atoms with E-state index >= 15 is 0 Å². The number of nitrogens with zero attached hydrogens (tertiary/aromatic N) is 2. The molecule has 0 saturated carbocycles. The minimum atomic E-state index is -4.40. The lowest BCUT2D eigenvalue weighted by molar-refractivity contribution is -0.190. The van der Waals surface area contributed by atoms with Gasteiger partial charge in [0.1, 0.15) is 17.1 Å². The number of likely N-dealkylation sites (tertiary alicyclic amines) is 1. The Bertz CT molecular complexity index is 547. The van der Waals surface area contributed by atoms with Crippen molar-refractivity contribution in [2.24, 2.45) is 23.1 Å². The van der Waals surface area contributed by atoms with Crippen molar-refractivity contribution in [3.8, 4) is 6.07 Å². The Kier molecular flexibility index (Phi) is 7.37. The van der Waals surface area contributed by atoms with E-state index in [1.165, 1.54) is 11.8 Å². The quantitative estimate of drug-likeness (QED) is 0.280. The van der Waals surface area contributed by atoms with Gasteiger partial charge in [0.15, 0.2) is 5.78 Å². The highest BCUT2D eigenvalue weighted by Gasteiger charge is 2.47. The van der Waals surface area contributed by atoms with Crippen LogP contribution in [-0.4, -0.2) is 46.2 Å². The molecule has 1 rings (SSSR count). The highest BCUT2D eigenvalue weighted by atomic mass is 35.5. The van der Waals surface area contributed by atoms with Gasteiger partial charge < -0.3 is 17.2 Å². The molecule has 136 valence electrons. The number of allylic oxidation sites excluding steroid dienone is 2. The number of carbonyl (C=O) groups is 1. The standard InChI is InChI=1S/C13H19ClF3N5OS/c1-6(19)8(3-18)10(23)5-24-12(21)22-4-7(13(15,16)17)2-9(14)11(22)20/h7,9,11-12H,2,4-5,19-21H2,1H3/b8-6+. The molecule has 0 bridgehead atoms. The molecule has 4 unspecified atom stereocenters. The van der Waals surface area contributed by atoms with Crippen molar-refractivity contribution in [3.63, 3.8) is 0 Å². The molecular weight excluding hydrogens is 367 g/mol. The van der Waals surface area contributed by atoms with Gasteiger partial charge in [-0.2, -0.15) is 18.4 Å². The molecule has 1 aliphatic rings. The lowest BCUT2D eigenvalue weighted by atomic mass is 9.95. The first-order valence-corrected chi connectivity index (χ1v) is 8.46. The fourth-order valence-electron chi connectivity index (χ4n) is 2.28. The maximum atomic E-state index is 12.9. The summed E-state index contributed by atoms with van der Waals surface area (Å²) in [4.78, 5) is 13.1. The zero-order valence-corrected chi connectivity index (χ0v) is 14.5. The zero-order valence-electron chi connectivity index (χ0n) is 12.9. The number of alkyl halides is 4. The molecule has 0 aliphatic carbocycles. The molecule has 1 saturated heterocycles. The largest absolute Gasteiger partial charge is 0.401 e. The molecule has 1 aliphatic heterocycles. The van der Waals surface area contributed by atoms with E-state index in [1.54, 1.807) is 6.07 Å². The maximum absolute atomic E-state index is 12.9. The summed E-state index contributed by atoms with van der Waals surface area (Å²) in [6, 6.07) is 1.69. The lowest BCUT2D eigenvalue weighted by Gasteiger charge is -2.43. The summed E-state index contributed by atoms with van der Waals surface area (Å²) in [5.74, 6) is -2.38. The van der Waals surface area contributed by atoms with Crippen LogP contribution in [0.25, 0.3) is 0 Å². The first kappa shape index (κ1) is 21.1. The first-order chi connectivity index (χ1) is 11.0. The molecule has 11 heteroatoms. The molecular formula is C13H19ClF3N5OS. The molecule has 1 fully saturated rings. The molecule has 0 amide bonds. The number of nitriles is 1. The number of piperidine rings is 1. The highest BCUT2D eigenvalue weighted by molar-refractivity contribution is 8.00. The fourth-order valence-corrected chi connectivity index (χ4v) is 3.52. The van der Waals surface area contributed by atoms with E-state index in [2.05, 4.69) is 0 Å². The average molecular weight is 386 g/mol. The predicted octanol–water partition coefficient (Wildman–Crippen LogP) is 1.06. The molecule has 1 heterocycles. The van der Waals surface area contributed by atoms with Crippen molar-refractivity contribution in [2.75, 3.05) is 12.3 Å². The molecule has 0 aromatic carbocycles. The van der Waals surface area contributed by atoms with E-state index in [4.69, 9.17) is 34.1 Å². The second-order valence-electron chi connectivity index (χ2n) is 5.47. The van der Waals surface area contributed by atoms with Crippen molar-refractivity contribution in [3.05, 3.63) is 11.3 Å². The van der Waals surface area contributed by atoms with Crippen LogP contribution in [0.15, 0.2) is 11.3 Å². The topological polar surface area (TPSA) is 122 Å². The Balaban J connectivity index is 2.75. The second kappa shape index (κ2) is 8.40. The summed E-state index contributed by atoms with van der Waals surface area (Å²) in [6.45, 7) is 1.01. The number of carbonyl (C=O) groups excluding carboxylic acids is 1. The van der Waals surface area contributed by atoms with Gasteiger partial charge in [-0.3, -0.25) is 9.69 Å². The van der Waals surface area contributed by atoms with Crippen LogP contribution >= 0.6 is 23.4 Å². The van der Waals surface area contributed by atoms with Gasteiger partial charge in [0.05, 0.1) is 23.2 Å². The van der Waals surface area contributed by atoms with Crippen LogP contribution in [0.1, 0.15) is 13.3 Å². The van der Waals surface area contributed by atoms with Crippen molar-refractivity contribution in [2.45, 2.75) is 36.6 Å². The SMILES string of the molecule is C/C(N)=C(/C#N)C(=O)CSC(N)N1CC(C(F)(F)F)CC(Cl)C1N. The third-order valence-electron chi connectivity index (χ3n) is 3.65. The van der Waals surface area contributed by atoms with E-state index in [1.807, 2.05) is 0 Å². The van der Waals surface area contributed by atoms with Gasteiger partial charge in [0, 0.05) is 12.2 Å².